The lowest BCUT2D eigenvalue weighted by Crippen LogP contribution is -2.53. The lowest BCUT2D eigenvalue weighted by atomic mass is 9.59. The minimum absolute atomic E-state index is 0.0110. The average Bonchev–Trinajstić information content (AvgIpc) is 2.50. The third-order valence-electron chi connectivity index (χ3n) is 5.82. The summed E-state index contributed by atoms with van der Waals surface area (Å²) in [6.45, 7) is 2.39. The Morgan fingerprint density at radius 1 is 1.33 bits per heavy atom. The molecule has 1 aromatic carbocycles. The highest BCUT2D eigenvalue weighted by Crippen LogP contribution is 2.47. The fraction of sp³-hybridized carbons (Fsp3) is 0.667. The maximum atomic E-state index is 9.77. The van der Waals surface area contributed by atoms with Gasteiger partial charge in [-0.25, -0.2) is 0 Å². The maximum Gasteiger partial charge on any atom is 0.119 e. The van der Waals surface area contributed by atoms with Gasteiger partial charge in [0.2, 0.25) is 0 Å². The van der Waals surface area contributed by atoms with Gasteiger partial charge in [0.15, 0.2) is 0 Å². The largest absolute Gasteiger partial charge is 0.497 e. The zero-order valence-corrected chi connectivity index (χ0v) is 13.2. The Hall–Kier alpha value is -1.06. The van der Waals surface area contributed by atoms with Crippen LogP contribution in [-0.2, 0) is 18.4 Å². The van der Waals surface area contributed by atoms with E-state index in [1.54, 1.807) is 7.11 Å². The highest BCUT2D eigenvalue weighted by Gasteiger charge is 2.44. The highest BCUT2D eigenvalue weighted by atomic mass is 16.5. The van der Waals surface area contributed by atoms with Crippen molar-refractivity contribution in [2.24, 2.45) is 11.7 Å². The van der Waals surface area contributed by atoms with Gasteiger partial charge in [0.05, 0.1) is 13.7 Å². The first kappa shape index (κ1) is 14.9. The Morgan fingerprint density at radius 2 is 2.14 bits per heavy atom. The van der Waals surface area contributed by atoms with E-state index in [0.29, 0.717) is 5.92 Å². The molecule has 0 spiro atoms. The van der Waals surface area contributed by atoms with Crippen molar-refractivity contribution in [3.05, 3.63) is 28.8 Å². The van der Waals surface area contributed by atoms with Crippen LogP contribution in [0.1, 0.15) is 55.7 Å². The Balaban J connectivity index is 2.17. The Morgan fingerprint density at radius 3 is 2.86 bits per heavy atom. The molecule has 116 valence electrons. The van der Waals surface area contributed by atoms with Crippen LogP contribution in [0.5, 0.6) is 5.75 Å². The fourth-order valence-corrected chi connectivity index (χ4v) is 4.46. The third kappa shape index (κ3) is 2.36. The fourth-order valence-electron chi connectivity index (χ4n) is 4.46. The van der Waals surface area contributed by atoms with Crippen molar-refractivity contribution in [3.8, 4) is 5.75 Å². The predicted molar refractivity (Wildman–Crippen MR) is 84.5 cm³/mol. The topological polar surface area (TPSA) is 55.5 Å². The highest BCUT2D eigenvalue weighted by molar-refractivity contribution is 5.49. The number of nitrogens with two attached hydrogens (primary N) is 1. The van der Waals surface area contributed by atoms with Gasteiger partial charge in [-0.15, -0.1) is 0 Å². The summed E-state index contributed by atoms with van der Waals surface area (Å²) in [5.74, 6) is 1.38. The number of hydrogen-bond acceptors (Lipinski definition) is 3. The molecule has 0 saturated heterocycles. The minimum Gasteiger partial charge on any atom is -0.497 e. The lowest BCUT2D eigenvalue weighted by molar-refractivity contribution is 0.198. The van der Waals surface area contributed by atoms with Gasteiger partial charge < -0.3 is 15.6 Å². The van der Waals surface area contributed by atoms with Gasteiger partial charge in [0, 0.05) is 11.5 Å². The Bertz CT molecular complexity index is 528. The summed E-state index contributed by atoms with van der Waals surface area (Å²) < 4.78 is 5.44. The van der Waals surface area contributed by atoms with Crippen LogP contribution in [0.3, 0.4) is 0 Å². The molecule has 1 saturated carbocycles. The first-order valence-electron chi connectivity index (χ1n) is 8.17. The van der Waals surface area contributed by atoms with Crippen molar-refractivity contribution in [1.29, 1.82) is 0 Å². The van der Waals surface area contributed by atoms with Crippen molar-refractivity contribution in [1.82, 2.24) is 0 Å². The molecule has 21 heavy (non-hydrogen) atoms. The average molecular weight is 289 g/mol. The number of aliphatic hydroxyl groups excluding tert-OH is 1. The molecule has 3 rings (SSSR count). The molecule has 0 radical (unpaired) electrons. The summed E-state index contributed by atoms with van der Waals surface area (Å²) in [6, 6.07) is 4.36. The minimum atomic E-state index is 0.0110. The normalized spacial score (nSPS) is 32.0. The van der Waals surface area contributed by atoms with E-state index in [9.17, 15) is 5.11 Å². The zero-order valence-electron chi connectivity index (χ0n) is 13.2. The van der Waals surface area contributed by atoms with Crippen LogP contribution in [-0.4, -0.2) is 18.3 Å². The van der Waals surface area contributed by atoms with E-state index in [2.05, 4.69) is 13.0 Å². The summed E-state index contributed by atoms with van der Waals surface area (Å²) in [5, 5.41) is 9.77. The number of benzene rings is 1. The molecular weight excluding hydrogens is 262 g/mol. The summed E-state index contributed by atoms with van der Waals surface area (Å²) in [5.41, 5.74) is 10.4. The molecule has 3 heteroatoms. The lowest BCUT2D eigenvalue weighted by Gasteiger charge is -2.48. The smallest absolute Gasteiger partial charge is 0.119 e. The number of aliphatic hydroxyl groups is 1. The van der Waals surface area contributed by atoms with Gasteiger partial charge in [0.25, 0.3) is 0 Å². The molecule has 0 heterocycles. The molecule has 0 amide bonds. The number of rotatable bonds is 2. The molecule has 2 aliphatic carbocycles. The van der Waals surface area contributed by atoms with Crippen LogP contribution in [0, 0.1) is 5.92 Å². The SMILES string of the molecule is COc1cc(CO)c2c(c1)C1(C)CCCCCC(C2)C1N. The van der Waals surface area contributed by atoms with Crippen LogP contribution >= 0.6 is 0 Å². The number of methoxy groups -OCH3 is 1. The predicted octanol–water partition coefficient (Wildman–Crippen LogP) is 2.91. The van der Waals surface area contributed by atoms with Crippen LogP contribution in [0.25, 0.3) is 0 Å². The number of hydrogen-bond donors (Lipinski definition) is 2. The van der Waals surface area contributed by atoms with Gasteiger partial charge in [-0.05, 0) is 54.0 Å². The molecule has 2 bridgehead atoms. The van der Waals surface area contributed by atoms with E-state index in [1.165, 1.54) is 36.8 Å². The summed E-state index contributed by atoms with van der Waals surface area (Å²) in [7, 11) is 1.69. The first-order chi connectivity index (χ1) is 10.1. The molecule has 0 aliphatic heterocycles. The van der Waals surface area contributed by atoms with Crippen molar-refractivity contribution in [2.75, 3.05) is 7.11 Å². The van der Waals surface area contributed by atoms with E-state index >= 15 is 0 Å². The van der Waals surface area contributed by atoms with E-state index in [1.807, 2.05) is 6.07 Å². The van der Waals surface area contributed by atoms with Crippen LogP contribution in [0.4, 0.5) is 0 Å². The first-order valence-corrected chi connectivity index (χ1v) is 8.17. The number of ether oxygens (including phenoxy) is 1. The Kier molecular flexibility index (Phi) is 3.98. The second-order valence-corrected chi connectivity index (χ2v) is 6.98. The molecule has 1 fully saturated rings. The second-order valence-electron chi connectivity index (χ2n) is 6.98. The standard InChI is InChI=1S/C18H27NO2/c1-18-7-5-3-4-6-12(17(18)19)9-15-13(11-20)8-14(21-2)10-16(15)18/h8,10,12,17,20H,3-7,9,11,19H2,1-2H3. The van der Waals surface area contributed by atoms with Crippen molar-refractivity contribution < 1.29 is 9.84 Å². The van der Waals surface area contributed by atoms with Gasteiger partial charge in [-0.1, -0.05) is 26.2 Å². The molecule has 3 unspecified atom stereocenters. The van der Waals surface area contributed by atoms with E-state index in [-0.39, 0.29) is 18.1 Å². The molecule has 1 aromatic rings. The van der Waals surface area contributed by atoms with Crippen LogP contribution in [0.15, 0.2) is 12.1 Å². The van der Waals surface area contributed by atoms with Crippen molar-refractivity contribution in [3.63, 3.8) is 0 Å². The number of fused-ring (bicyclic) bond motifs is 4. The monoisotopic (exact) mass is 289 g/mol. The second kappa shape index (κ2) is 5.62. The molecule has 0 aromatic heterocycles. The van der Waals surface area contributed by atoms with Gasteiger partial charge in [0.1, 0.15) is 5.75 Å². The van der Waals surface area contributed by atoms with Gasteiger partial charge in [-0.3, -0.25) is 0 Å². The van der Waals surface area contributed by atoms with E-state index in [4.69, 9.17) is 10.5 Å². The molecule has 3 nitrogen and oxygen atoms in total. The van der Waals surface area contributed by atoms with Crippen molar-refractivity contribution in [2.45, 2.75) is 63.5 Å². The molecule has 3 N–H and O–H groups in total. The Labute approximate surface area is 127 Å². The summed E-state index contributed by atoms with van der Waals surface area (Å²) in [6.07, 6.45) is 7.19. The van der Waals surface area contributed by atoms with E-state index in [0.717, 1.165) is 24.2 Å². The van der Waals surface area contributed by atoms with Gasteiger partial charge >= 0.3 is 0 Å². The zero-order chi connectivity index (χ0) is 15.0. The van der Waals surface area contributed by atoms with Crippen LogP contribution < -0.4 is 10.5 Å². The molecule has 2 aliphatic rings. The summed E-state index contributed by atoms with van der Waals surface area (Å²) >= 11 is 0. The van der Waals surface area contributed by atoms with E-state index < -0.39 is 0 Å². The summed E-state index contributed by atoms with van der Waals surface area (Å²) in [4.78, 5) is 0. The van der Waals surface area contributed by atoms with Crippen LogP contribution in [0.2, 0.25) is 0 Å². The van der Waals surface area contributed by atoms with Crippen molar-refractivity contribution >= 4 is 0 Å². The molecule has 3 atom stereocenters. The quantitative estimate of drug-likeness (QED) is 0.880. The third-order valence-corrected chi connectivity index (χ3v) is 5.82. The van der Waals surface area contributed by atoms with Gasteiger partial charge in [-0.2, -0.15) is 0 Å². The molecular formula is C18H27NO2. The maximum absolute atomic E-state index is 9.77.